The third kappa shape index (κ3) is 5.47. The van der Waals surface area contributed by atoms with E-state index in [1.807, 2.05) is 95.5 Å². The Bertz CT molecular complexity index is 1110. The minimum absolute atomic E-state index is 0.00284. The average Bonchev–Trinajstić information content (AvgIpc) is 3.23. The summed E-state index contributed by atoms with van der Waals surface area (Å²) < 4.78 is 1.90. The van der Waals surface area contributed by atoms with E-state index in [9.17, 15) is 4.79 Å². The molecule has 0 fully saturated rings. The quantitative estimate of drug-likeness (QED) is 0.472. The van der Waals surface area contributed by atoms with Gasteiger partial charge in [-0.25, -0.2) is 4.68 Å². The van der Waals surface area contributed by atoms with Crippen LogP contribution in [0.25, 0.3) is 16.9 Å². The number of carbonyl (C=O) groups is 1. The summed E-state index contributed by atoms with van der Waals surface area (Å²) in [4.78, 5) is 14.4. The number of aromatic nitrogens is 2. The van der Waals surface area contributed by atoms with E-state index < -0.39 is 0 Å². The molecule has 0 radical (unpaired) electrons. The van der Waals surface area contributed by atoms with Crippen LogP contribution in [-0.4, -0.2) is 34.2 Å². The molecule has 0 spiro atoms. The number of hydrogen-bond donors (Lipinski definition) is 1. The topological polar surface area (TPSA) is 50.2 Å². The highest BCUT2D eigenvalue weighted by atomic mass is 16.2. The van der Waals surface area contributed by atoms with E-state index in [2.05, 4.69) is 23.6 Å². The molecule has 3 aromatic carbocycles. The van der Waals surface area contributed by atoms with Crippen LogP contribution in [-0.2, 0) is 17.9 Å². The maximum Gasteiger partial charge on any atom is 0.234 e. The molecule has 0 aliphatic rings. The minimum atomic E-state index is 0.00284. The molecule has 31 heavy (non-hydrogen) atoms. The van der Waals surface area contributed by atoms with Gasteiger partial charge in [0.15, 0.2) is 0 Å². The number of amides is 1. The number of para-hydroxylation sites is 1. The average molecular weight is 411 g/mol. The van der Waals surface area contributed by atoms with E-state index in [0.717, 1.165) is 28.1 Å². The summed E-state index contributed by atoms with van der Waals surface area (Å²) in [5.74, 6) is 0.00284. The molecule has 0 aliphatic carbocycles. The maximum absolute atomic E-state index is 12.4. The largest absolute Gasteiger partial charge is 0.351 e. The molecular weight excluding hydrogens is 384 g/mol. The SMILES string of the molecule is CN(CC(=O)NCc1ccccc1)Cc1cn(-c2ccccc2)nc1-c1ccccc1. The third-order valence-corrected chi connectivity index (χ3v) is 5.04. The molecule has 5 heteroatoms. The number of rotatable bonds is 8. The number of carbonyl (C=O) groups excluding carboxylic acids is 1. The number of likely N-dealkylation sites (N-methyl/N-ethyl adjacent to an activating group) is 1. The molecule has 0 bridgehead atoms. The van der Waals surface area contributed by atoms with Crippen LogP contribution < -0.4 is 5.32 Å². The highest BCUT2D eigenvalue weighted by Gasteiger charge is 2.15. The van der Waals surface area contributed by atoms with Crippen LogP contribution in [0, 0.1) is 0 Å². The van der Waals surface area contributed by atoms with Crippen LogP contribution >= 0.6 is 0 Å². The predicted molar refractivity (Wildman–Crippen MR) is 124 cm³/mol. The first-order valence-electron chi connectivity index (χ1n) is 10.4. The summed E-state index contributed by atoms with van der Waals surface area (Å²) in [5.41, 5.74) is 5.17. The molecule has 156 valence electrons. The number of benzene rings is 3. The Morgan fingerprint density at radius 3 is 2.19 bits per heavy atom. The number of hydrogen-bond acceptors (Lipinski definition) is 3. The summed E-state index contributed by atoms with van der Waals surface area (Å²) in [6, 6.07) is 30.2. The molecule has 1 amide bonds. The molecule has 0 saturated carbocycles. The van der Waals surface area contributed by atoms with Gasteiger partial charge in [0.25, 0.3) is 0 Å². The zero-order chi connectivity index (χ0) is 21.5. The second kappa shape index (κ2) is 9.87. The second-order valence-electron chi connectivity index (χ2n) is 7.58. The molecule has 0 saturated heterocycles. The molecule has 5 nitrogen and oxygen atoms in total. The van der Waals surface area contributed by atoms with E-state index in [1.165, 1.54) is 0 Å². The lowest BCUT2D eigenvalue weighted by Gasteiger charge is -2.16. The van der Waals surface area contributed by atoms with Crippen molar-refractivity contribution in [3.05, 3.63) is 108 Å². The highest BCUT2D eigenvalue weighted by molar-refractivity contribution is 5.78. The van der Waals surface area contributed by atoms with Gasteiger partial charge in [-0.1, -0.05) is 78.9 Å². The Hall–Kier alpha value is -3.70. The van der Waals surface area contributed by atoms with E-state index in [0.29, 0.717) is 19.6 Å². The van der Waals surface area contributed by atoms with Crippen molar-refractivity contribution in [1.29, 1.82) is 0 Å². The molecule has 0 aliphatic heterocycles. The normalized spacial score (nSPS) is 10.9. The van der Waals surface area contributed by atoms with Crippen LogP contribution in [0.5, 0.6) is 0 Å². The summed E-state index contributed by atoms with van der Waals surface area (Å²) >= 11 is 0. The Morgan fingerprint density at radius 1 is 0.903 bits per heavy atom. The Labute approximate surface area is 183 Å². The molecule has 0 atom stereocenters. The first kappa shape index (κ1) is 20.6. The number of nitrogens with zero attached hydrogens (tertiary/aromatic N) is 3. The van der Waals surface area contributed by atoms with Crippen LogP contribution in [0.1, 0.15) is 11.1 Å². The van der Waals surface area contributed by atoms with E-state index in [4.69, 9.17) is 5.10 Å². The zero-order valence-corrected chi connectivity index (χ0v) is 17.6. The van der Waals surface area contributed by atoms with Crippen molar-refractivity contribution in [3.8, 4) is 16.9 Å². The predicted octanol–water partition coefficient (Wildman–Crippen LogP) is 4.29. The molecule has 4 rings (SSSR count). The van der Waals surface area contributed by atoms with Gasteiger partial charge < -0.3 is 5.32 Å². The van der Waals surface area contributed by atoms with Crippen LogP contribution in [0.2, 0.25) is 0 Å². The van der Waals surface area contributed by atoms with Crippen LogP contribution in [0.3, 0.4) is 0 Å². The van der Waals surface area contributed by atoms with E-state index >= 15 is 0 Å². The van der Waals surface area contributed by atoms with Crippen molar-refractivity contribution >= 4 is 5.91 Å². The van der Waals surface area contributed by atoms with Gasteiger partial charge in [-0.2, -0.15) is 5.10 Å². The van der Waals surface area contributed by atoms with Crippen molar-refractivity contribution in [1.82, 2.24) is 20.0 Å². The first-order valence-corrected chi connectivity index (χ1v) is 10.4. The monoisotopic (exact) mass is 410 g/mol. The van der Waals surface area contributed by atoms with Gasteiger partial charge in [0.1, 0.15) is 0 Å². The van der Waals surface area contributed by atoms with Gasteiger partial charge in [0.05, 0.1) is 17.9 Å². The van der Waals surface area contributed by atoms with Crippen LogP contribution in [0.15, 0.2) is 97.2 Å². The fourth-order valence-corrected chi connectivity index (χ4v) is 3.52. The molecular formula is C26H26N4O. The Kier molecular flexibility index (Phi) is 6.55. The fourth-order valence-electron chi connectivity index (χ4n) is 3.52. The Morgan fingerprint density at radius 2 is 1.52 bits per heavy atom. The molecule has 1 N–H and O–H groups in total. The minimum Gasteiger partial charge on any atom is -0.351 e. The van der Waals surface area contributed by atoms with Crippen molar-refractivity contribution in [2.75, 3.05) is 13.6 Å². The highest BCUT2D eigenvalue weighted by Crippen LogP contribution is 2.24. The fraction of sp³-hybridized carbons (Fsp3) is 0.154. The van der Waals surface area contributed by atoms with Gasteiger partial charge in [-0.15, -0.1) is 0 Å². The molecule has 0 unspecified atom stereocenters. The zero-order valence-electron chi connectivity index (χ0n) is 17.6. The summed E-state index contributed by atoms with van der Waals surface area (Å²) in [5, 5.41) is 7.84. The lowest BCUT2D eigenvalue weighted by molar-refractivity contribution is -0.122. The third-order valence-electron chi connectivity index (χ3n) is 5.04. The van der Waals surface area contributed by atoms with Crippen LogP contribution in [0.4, 0.5) is 0 Å². The van der Waals surface area contributed by atoms with Gasteiger partial charge in [-0.3, -0.25) is 9.69 Å². The summed E-state index contributed by atoms with van der Waals surface area (Å²) in [6.07, 6.45) is 2.05. The molecule has 4 aromatic rings. The van der Waals surface area contributed by atoms with Crippen molar-refractivity contribution in [3.63, 3.8) is 0 Å². The summed E-state index contributed by atoms with van der Waals surface area (Å²) in [6.45, 7) is 1.47. The first-order chi connectivity index (χ1) is 15.2. The van der Waals surface area contributed by atoms with Gasteiger partial charge in [0.2, 0.25) is 5.91 Å². The smallest absolute Gasteiger partial charge is 0.234 e. The molecule has 1 aromatic heterocycles. The van der Waals surface area contributed by atoms with Crippen molar-refractivity contribution < 1.29 is 4.79 Å². The van der Waals surface area contributed by atoms with Gasteiger partial charge >= 0.3 is 0 Å². The van der Waals surface area contributed by atoms with E-state index in [1.54, 1.807) is 0 Å². The number of nitrogens with one attached hydrogen (secondary N) is 1. The summed E-state index contributed by atoms with van der Waals surface area (Å²) in [7, 11) is 1.96. The standard InChI is InChI=1S/C26H26N4O/c1-29(20-25(31)27-17-21-11-5-2-6-12-21)18-23-19-30(24-15-9-4-10-16-24)28-26(23)22-13-7-3-8-14-22/h2-16,19H,17-18,20H2,1H3,(H,27,31). The van der Waals surface area contributed by atoms with Gasteiger partial charge in [0, 0.05) is 30.4 Å². The second-order valence-corrected chi connectivity index (χ2v) is 7.58. The Balaban J connectivity index is 1.47. The lowest BCUT2D eigenvalue weighted by Crippen LogP contribution is -2.34. The van der Waals surface area contributed by atoms with Crippen molar-refractivity contribution in [2.24, 2.45) is 0 Å². The van der Waals surface area contributed by atoms with E-state index in [-0.39, 0.29) is 5.91 Å². The van der Waals surface area contributed by atoms with Gasteiger partial charge in [-0.05, 0) is 24.7 Å². The van der Waals surface area contributed by atoms with Crippen molar-refractivity contribution in [2.45, 2.75) is 13.1 Å². The maximum atomic E-state index is 12.4. The molecule has 1 heterocycles. The lowest BCUT2D eigenvalue weighted by atomic mass is 10.1.